The van der Waals surface area contributed by atoms with E-state index in [4.69, 9.17) is 4.42 Å². The van der Waals surface area contributed by atoms with Crippen molar-refractivity contribution in [1.29, 1.82) is 0 Å². The Balaban J connectivity index is 1.54. The van der Waals surface area contributed by atoms with Crippen LogP contribution in [0.25, 0.3) is 11.0 Å². The van der Waals surface area contributed by atoms with Crippen molar-refractivity contribution in [1.82, 2.24) is 25.8 Å². The van der Waals surface area contributed by atoms with Gasteiger partial charge in [0.25, 0.3) is 5.91 Å². The van der Waals surface area contributed by atoms with Gasteiger partial charge < -0.3 is 9.40 Å². The number of H-pyrrole nitrogens is 1. The lowest BCUT2D eigenvalue weighted by Gasteiger charge is -2.06. The van der Waals surface area contributed by atoms with Crippen molar-refractivity contribution in [3.8, 4) is 0 Å². The number of aromatic amines is 1. The Bertz CT molecular complexity index is 1180. The van der Waals surface area contributed by atoms with E-state index in [-0.39, 0.29) is 5.76 Å². The summed E-state index contributed by atoms with van der Waals surface area (Å²) in [5, 5.41) is 1.41. The average molecular weight is 472 g/mol. The first-order valence-electron chi connectivity index (χ1n) is 8.46. The molecule has 10 heteroatoms. The van der Waals surface area contributed by atoms with E-state index >= 15 is 0 Å². The first-order valence-corrected chi connectivity index (χ1v) is 10.2. The molecule has 0 saturated carbocycles. The topological polar surface area (TPSA) is 113 Å². The number of amides is 2. The van der Waals surface area contributed by atoms with E-state index < -0.39 is 11.8 Å². The minimum atomic E-state index is -0.551. The molecule has 0 radical (unpaired) electrons. The molecule has 0 saturated heterocycles. The minimum Gasteiger partial charge on any atom is -0.451 e. The van der Waals surface area contributed by atoms with Gasteiger partial charge in [0, 0.05) is 39.8 Å². The molecule has 3 heterocycles. The van der Waals surface area contributed by atoms with E-state index in [2.05, 4.69) is 41.7 Å². The summed E-state index contributed by atoms with van der Waals surface area (Å²) in [6.07, 6.45) is 4.94. The molecule has 0 spiro atoms. The molecule has 1 aromatic carbocycles. The van der Waals surface area contributed by atoms with Gasteiger partial charge in [-0.25, -0.2) is 9.97 Å². The van der Waals surface area contributed by atoms with Gasteiger partial charge in [-0.05, 0) is 34.1 Å². The zero-order chi connectivity index (χ0) is 20.2. The smallest absolute Gasteiger partial charge is 0.305 e. The fourth-order valence-electron chi connectivity index (χ4n) is 2.66. The van der Waals surface area contributed by atoms with E-state index in [0.29, 0.717) is 27.7 Å². The predicted molar refractivity (Wildman–Crippen MR) is 111 cm³/mol. The van der Waals surface area contributed by atoms with Gasteiger partial charge in [0.15, 0.2) is 10.9 Å². The summed E-state index contributed by atoms with van der Waals surface area (Å²) >= 11 is 4.65. The number of nitrogens with zero attached hydrogens (tertiary/aromatic N) is 2. The van der Waals surface area contributed by atoms with Crippen LogP contribution in [0.2, 0.25) is 0 Å². The number of hydrogen-bond acceptors (Lipinski definition) is 6. The predicted octanol–water partition coefficient (Wildman–Crippen LogP) is 3.68. The van der Waals surface area contributed by atoms with Gasteiger partial charge >= 0.3 is 5.91 Å². The zero-order valence-corrected chi connectivity index (χ0v) is 17.2. The van der Waals surface area contributed by atoms with Gasteiger partial charge in [-0.2, -0.15) is 0 Å². The van der Waals surface area contributed by atoms with E-state index in [0.717, 1.165) is 9.86 Å². The number of carbonyl (C=O) groups is 2. The molecule has 0 fully saturated rings. The summed E-state index contributed by atoms with van der Waals surface area (Å²) in [4.78, 5) is 36.0. The highest BCUT2D eigenvalue weighted by Gasteiger charge is 2.21. The maximum Gasteiger partial charge on any atom is 0.305 e. The summed E-state index contributed by atoms with van der Waals surface area (Å²) in [7, 11) is 0. The van der Waals surface area contributed by atoms with Gasteiger partial charge in [0.2, 0.25) is 0 Å². The van der Waals surface area contributed by atoms with E-state index in [9.17, 15) is 9.59 Å². The number of thioether (sulfide) groups is 1. The maximum atomic E-state index is 12.7. The van der Waals surface area contributed by atoms with Gasteiger partial charge in [-0.15, -0.1) is 0 Å². The minimum absolute atomic E-state index is 0.127. The number of para-hydroxylation sites is 1. The molecule has 4 rings (SSSR count). The molecule has 0 aliphatic carbocycles. The second-order valence-electron chi connectivity index (χ2n) is 5.87. The second kappa shape index (κ2) is 8.50. The summed E-state index contributed by atoms with van der Waals surface area (Å²) in [5.41, 5.74) is 6.36. The third-order valence-corrected chi connectivity index (χ3v) is 5.33. The molecule has 0 atom stereocenters. The van der Waals surface area contributed by atoms with Crippen molar-refractivity contribution >= 4 is 50.5 Å². The monoisotopic (exact) mass is 471 g/mol. The Kier molecular flexibility index (Phi) is 5.63. The van der Waals surface area contributed by atoms with Crippen LogP contribution in [0.5, 0.6) is 0 Å². The van der Waals surface area contributed by atoms with Gasteiger partial charge in [-0.3, -0.25) is 20.4 Å². The van der Waals surface area contributed by atoms with Gasteiger partial charge in [0.05, 0.1) is 0 Å². The van der Waals surface area contributed by atoms with Crippen molar-refractivity contribution < 1.29 is 14.0 Å². The number of aromatic nitrogens is 3. The van der Waals surface area contributed by atoms with Crippen LogP contribution in [0, 0.1) is 0 Å². The van der Waals surface area contributed by atoms with Crippen molar-refractivity contribution in [3.63, 3.8) is 0 Å². The van der Waals surface area contributed by atoms with E-state index in [1.807, 2.05) is 18.2 Å². The van der Waals surface area contributed by atoms with Crippen molar-refractivity contribution in [2.45, 2.75) is 10.9 Å². The lowest BCUT2D eigenvalue weighted by Crippen LogP contribution is -2.41. The van der Waals surface area contributed by atoms with E-state index in [1.165, 1.54) is 11.8 Å². The van der Waals surface area contributed by atoms with Gasteiger partial charge in [0.1, 0.15) is 11.3 Å². The third-order valence-electron chi connectivity index (χ3n) is 3.97. The van der Waals surface area contributed by atoms with Gasteiger partial charge in [-0.1, -0.05) is 30.0 Å². The Labute approximate surface area is 177 Å². The molecule has 3 aromatic heterocycles. The van der Waals surface area contributed by atoms with Crippen LogP contribution in [-0.2, 0) is 5.75 Å². The van der Waals surface area contributed by atoms with E-state index in [1.54, 1.807) is 36.8 Å². The highest BCUT2D eigenvalue weighted by molar-refractivity contribution is 9.10. The van der Waals surface area contributed by atoms with Crippen LogP contribution in [-0.4, -0.2) is 26.8 Å². The largest absolute Gasteiger partial charge is 0.451 e. The van der Waals surface area contributed by atoms with Crippen molar-refractivity contribution in [2.24, 2.45) is 0 Å². The number of fused-ring (bicyclic) bond motifs is 1. The van der Waals surface area contributed by atoms with Crippen LogP contribution >= 0.6 is 27.7 Å². The number of nitrogens with one attached hydrogen (secondary N) is 3. The van der Waals surface area contributed by atoms with Crippen molar-refractivity contribution in [2.75, 3.05) is 0 Å². The third kappa shape index (κ3) is 4.33. The first-order chi connectivity index (χ1) is 14.1. The lowest BCUT2D eigenvalue weighted by molar-refractivity contribution is 0.0829. The normalized spacial score (nSPS) is 10.8. The van der Waals surface area contributed by atoms with Crippen LogP contribution in [0.4, 0.5) is 0 Å². The lowest BCUT2D eigenvalue weighted by atomic mass is 10.1. The molecule has 146 valence electrons. The fraction of sp³-hybridized carbons (Fsp3) is 0.0526. The summed E-state index contributed by atoms with van der Waals surface area (Å²) in [5.74, 6) is -0.470. The van der Waals surface area contributed by atoms with Crippen molar-refractivity contribution in [3.05, 3.63) is 76.5 Å². The highest BCUT2D eigenvalue weighted by atomic mass is 79.9. The number of rotatable bonds is 5. The molecule has 3 N–H and O–H groups in total. The molecule has 0 aliphatic rings. The molecular weight excluding hydrogens is 458 g/mol. The molecule has 4 aromatic rings. The molecule has 0 bridgehead atoms. The Hall–Kier alpha value is -3.11. The van der Waals surface area contributed by atoms with Crippen LogP contribution in [0.3, 0.4) is 0 Å². The second-order valence-corrected chi connectivity index (χ2v) is 7.72. The zero-order valence-electron chi connectivity index (χ0n) is 14.8. The molecule has 0 unspecified atom stereocenters. The molecule has 2 amide bonds. The summed E-state index contributed by atoms with van der Waals surface area (Å²) < 4.78 is 6.49. The number of furan rings is 1. The molecular formula is C19H14BrN5O3S. The first kappa shape index (κ1) is 19.2. The Morgan fingerprint density at radius 1 is 1.10 bits per heavy atom. The molecule has 8 nitrogen and oxygen atoms in total. The summed E-state index contributed by atoms with van der Waals surface area (Å²) in [6, 6.07) is 10.7. The van der Waals surface area contributed by atoms with Crippen LogP contribution < -0.4 is 10.9 Å². The average Bonchev–Trinajstić information content (AvgIpc) is 3.34. The number of benzene rings is 1. The number of carbonyl (C=O) groups excluding carboxylic acids is 2. The SMILES string of the molecule is O=C(NNC(=O)c1oc2ccccc2c1CSc1ncccn1)c1cc(Br)c[nH]1. The number of halogens is 1. The number of hydrogen-bond donors (Lipinski definition) is 3. The quantitative estimate of drug-likeness (QED) is 0.232. The van der Waals surface area contributed by atoms with Crippen LogP contribution in [0.1, 0.15) is 26.6 Å². The number of hydrazine groups is 1. The summed E-state index contributed by atoms with van der Waals surface area (Å²) in [6.45, 7) is 0. The Morgan fingerprint density at radius 2 is 1.86 bits per heavy atom. The maximum absolute atomic E-state index is 12.7. The Morgan fingerprint density at radius 3 is 2.62 bits per heavy atom. The molecule has 0 aliphatic heterocycles. The standard InChI is InChI=1S/C19H14BrN5O3S/c20-11-8-14(23-9-11)17(26)24-25-18(27)16-13(10-29-19-21-6-3-7-22-19)12-4-1-2-5-15(12)28-16/h1-9,23H,10H2,(H,24,26)(H,25,27). The fourth-order valence-corrected chi connectivity index (χ4v) is 3.83. The highest BCUT2D eigenvalue weighted by Crippen LogP contribution is 2.30. The molecule has 29 heavy (non-hydrogen) atoms. The van der Waals surface area contributed by atoms with Crippen LogP contribution in [0.15, 0.2) is 69.0 Å².